The molecule has 8 nitrogen and oxygen atoms in total. The van der Waals surface area contributed by atoms with Gasteiger partial charge in [-0.15, -0.1) is 0 Å². The number of hydrogen-bond donors (Lipinski definition) is 2. The van der Waals surface area contributed by atoms with E-state index in [-0.39, 0.29) is 43.0 Å². The Labute approximate surface area is 152 Å². The molecule has 2 amide bonds. The zero-order valence-corrected chi connectivity index (χ0v) is 15.8. The third-order valence-electron chi connectivity index (χ3n) is 3.51. The quantitative estimate of drug-likeness (QED) is 0.742. The minimum atomic E-state index is -0.336. The zero-order valence-electron chi connectivity index (χ0n) is 15.8. The van der Waals surface area contributed by atoms with E-state index in [1.54, 1.807) is 24.1 Å². The van der Waals surface area contributed by atoms with Crippen LogP contribution in [0, 0.1) is 0 Å². The zero-order chi connectivity index (χ0) is 19.5. The molecule has 0 unspecified atom stereocenters. The summed E-state index contributed by atoms with van der Waals surface area (Å²) in [6, 6.07) is 3.13. The Balaban J connectivity index is 1.99. The first-order valence-corrected chi connectivity index (χ1v) is 8.29. The molecule has 26 heavy (non-hydrogen) atoms. The van der Waals surface area contributed by atoms with Crippen molar-refractivity contribution in [3.63, 3.8) is 0 Å². The number of fused-ring (bicyclic) bond motifs is 1. The van der Waals surface area contributed by atoms with Gasteiger partial charge in [0.2, 0.25) is 18.6 Å². The molecule has 2 N–H and O–H groups in total. The highest BCUT2D eigenvalue weighted by atomic mass is 16.7. The first-order valence-electron chi connectivity index (χ1n) is 8.29. The van der Waals surface area contributed by atoms with Crippen molar-refractivity contribution in [2.24, 2.45) is 0 Å². The highest BCUT2D eigenvalue weighted by Gasteiger charge is 2.21. The Morgan fingerprint density at radius 2 is 1.65 bits per heavy atom. The third-order valence-corrected chi connectivity index (χ3v) is 3.51. The number of carbonyl (C=O) groups is 3. The van der Waals surface area contributed by atoms with Crippen molar-refractivity contribution in [2.45, 2.75) is 33.2 Å². The molecule has 1 heterocycles. The molecule has 0 saturated carbocycles. The molecule has 0 aromatic heterocycles. The average Bonchev–Trinajstić information content (AvgIpc) is 2.90. The van der Waals surface area contributed by atoms with Gasteiger partial charge in [-0.2, -0.15) is 0 Å². The Morgan fingerprint density at radius 3 is 2.23 bits per heavy atom. The molecule has 1 aliphatic heterocycles. The summed E-state index contributed by atoms with van der Waals surface area (Å²) in [5.41, 5.74) is 0.373. The van der Waals surface area contributed by atoms with Gasteiger partial charge in [-0.3, -0.25) is 19.3 Å². The van der Waals surface area contributed by atoms with E-state index in [0.717, 1.165) is 0 Å². The standard InChI is InChI=1S/C18H25N3O5/c1-11(22)12-6-14-15(26-10-25-14)7-13(12)19-16(23)8-21(5)9-17(24)20-18(2,3)4/h6-7H,8-10H2,1-5H3,(H,19,23)(H,20,24). The summed E-state index contributed by atoms with van der Waals surface area (Å²) in [6.07, 6.45) is 0. The van der Waals surface area contributed by atoms with E-state index in [2.05, 4.69) is 10.6 Å². The fourth-order valence-corrected chi connectivity index (χ4v) is 2.53. The highest BCUT2D eigenvalue weighted by molar-refractivity contribution is 6.05. The Bertz CT molecular complexity index is 724. The molecule has 0 saturated heterocycles. The highest BCUT2D eigenvalue weighted by Crippen LogP contribution is 2.37. The number of nitrogens with zero attached hydrogens (tertiary/aromatic N) is 1. The number of anilines is 1. The maximum atomic E-state index is 12.3. The van der Waals surface area contributed by atoms with Gasteiger partial charge in [0.1, 0.15) is 0 Å². The van der Waals surface area contributed by atoms with Crippen LogP contribution in [0.15, 0.2) is 12.1 Å². The number of nitrogens with one attached hydrogen (secondary N) is 2. The van der Waals surface area contributed by atoms with Crippen LogP contribution >= 0.6 is 0 Å². The minimum absolute atomic E-state index is 0.00332. The van der Waals surface area contributed by atoms with Crippen molar-refractivity contribution in [3.8, 4) is 11.5 Å². The first-order chi connectivity index (χ1) is 12.0. The maximum Gasteiger partial charge on any atom is 0.238 e. The van der Waals surface area contributed by atoms with Crippen LogP contribution in [0.1, 0.15) is 38.1 Å². The smallest absolute Gasteiger partial charge is 0.238 e. The van der Waals surface area contributed by atoms with Gasteiger partial charge in [0.25, 0.3) is 0 Å². The van der Waals surface area contributed by atoms with E-state index in [1.807, 2.05) is 20.8 Å². The lowest BCUT2D eigenvalue weighted by molar-refractivity contribution is -0.124. The van der Waals surface area contributed by atoms with Crippen LogP contribution in [-0.4, -0.2) is 55.0 Å². The van der Waals surface area contributed by atoms with Crippen LogP contribution in [-0.2, 0) is 9.59 Å². The van der Waals surface area contributed by atoms with Gasteiger partial charge in [-0.25, -0.2) is 0 Å². The van der Waals surface area contributed by atoms with Gasteiger partial charge in [0.15, 0.2) is 17.3 Å². The van der Waals surface area contributed by atoms with Crippen LogP contribution < -0.4 is 20.1 Å². The monoisotopic (exact) mass is 363 g/mol. The number of Topliss-reactive ketones (excluding diaryl/α,β-unsaturated/α-hetero) is 1. The summed E-state index contributed by atoms with van der Waals surface area (Å²) in [4.78, 5) is 37.6. The second-order valence-corrected chi connectivity index (χ2v) is 7.33. The average molecular weight is 363 g/mol. The summed E-state index contributed by atoms with van der Waals surface area (Å²) in [6.45, 7) is 7.25. The van der Waals surface area contributed by atoms with Crippen molar-refractivity contribution >= 4 is 23.3 Å². The molecule has 1 aromatic carbocycles. The molecule has 2 rings (SSSR count). The lowest BCUT2D eigenvalue weighted by atomic mass is 10.1. The summed E-state index contributed by atoms with van der Waals surface area (Å²) in [7, 11) is 1.67. The van der Waals surface area contributed by atoms with Crippen LogP contribution in [0.25, 0.3) is 0 Å². The predicted octanol–water partition coefficient (Wildman–Crippen LogP) is 1.40. The summed E-state index contributed by atoms with van der Waals surface area (Å²) >= 11 is 0. The molecule has 142 valence electrons. The summed E-state index contributed by atoms with van der Waals surface area (Å²) in [5.74, 6) is 0.251. The number of likely N-dealkylation sites (N-methyl/N-ethyl adjacent to an activating group) is 1. The van der Waals surface area contributed by atoms with Crippen LogP contribution in [0.5, 0.6) is 11.5 Å². The van der Waals surface area contributed by atoms with E-state index >= 15 is 0 Å². The van der Waals surface area contributed by atoms with Gasteiger partial charge < -0.3 is 20.1 Å². The number of carbonyl (C=O) groups excluding carboxylic acids is 3. The van der Waals surface area contributed by atoms with E-state index < -0.39 is 0 Å². The second-order valence-electron chi connectivity index (χ2n) is 7.33. The number of benzene rings is 1. The van der Waals surface area contributed by atoms with Gasteiger partial charge in [-0.05, 0) is 40.8 Å². The van der Waals surface area contributed by atoms with Crippen LogP contribution in [0.2, 0.25) is 0 Å². The number of amides is 2. The van der Waals surface area contributed by atoms with E-state index in [4.69, 9.17) is 9.47 Å². The molecule has 1 aromatic rings. The molecule has 1 aliphatic rings. The number of ether oxygens (including phenoxy) is 2. The third kappa shape index (κ3) is 5.45. The van der Waals surface area contributed by atoms with Gasteiger partial charge in [0, 0.05) is 17.2 Å². The van der Waals surface area contributed by atoms with E-state index in [1.165, 1.54) is 6.92 Å². The minimum Gasteiger partial charge on any atom is -0.454 e. The molecular weight excluding hydrogens is 338 g/mol. The summed E-state index contributed by atoms with van der Waals surface area (Å²) in [5, 5.41) is 5.54. The fraction of sp³-hybridized carbons (Fsp3) is 0.500. The van der Waals surface area contributed by atoms with Gasteiger partial charge in [0.05, 0.1) is 18.8 Å². The molecule has 0 atom stereocenters. The molecule has 8 heteroatoms. The SMILES string of the molecule is CC(=O)c1cc2c(cc1NC(=O)CN(C)CC(=O)NC(C)(C)C)OCO2. The number of ketones is 1. The Hall–Kier alpha value is -2.61. The summed E-state index contributed by atoms with van der Waals surface area (Å²) < 4.78 is 10.5. The first kappa shape index (κ1) is 19.7. The van der Waals surface area contributed by atoms with E-state index in [0.29, 0.717) is 22.7 Å². The lowest BCUT2D eigenvalue weighted by Gasteiger charge is -2.23. The normalized spacial score (nSPS) is 12.8. The van der Waals surface area contributed by atoms with Crippen molar-refractivity contribution in [3.05, 3.63) is 17.7 Å². The van der Waals surface area contributed by atoms with Crippen molar-refractivity contribution in [2.75, 3.05) is 32.2 Å². The lowest BCUT2D eigenvalue weighted by Crippen LogP contribution is -2.46. The number of rotatable bonds is 6. The molecule has 0 radical (unpaired) electrons. The predicted molar refractivity (Wildman–Crippen MR) is 96.6 cm³/mol. The molecule has 0 aliphatic carbocycles. The molecular formula is C18H25N3O5. The molecule has 0 bridgehead atoms. The Kier molecular flexibility index (Phi) is 5.86. The molecule has 0 spiro atoms. The van der Waals surface area contributed by atoms with Crippen molar-refractivity contribution in [1.82, 2.24) is 10.2 Å². The second kappa shape index (κ2) is 7.74. The molecule has 0 fully saturated rings. The number of hydrogen-bond acceptors (Lipinski definition) is 6. The van der Waals surface area contributed by atoms with Gasteiger partial charge in [-0.1, -0.05) is 0 Å². The Morgan fingerprint density at radius 1 is 1.08 bits per heavy atom. The van der Waals surface area contributed by atoms with Crippen molar-refractivity contribution < 1.29 is 23.9 Å². The van der Waals surface area contributed by atoms with Crippen molar-refractivity contribution in [1.29, 1.82) is 0 Å². The van der Waals surface area contributed by atoms with Crippen LogP contribution in [0.3, 0.4) is 0 Å². The topological polar surface area (TPSA) is 97.0 Å². The van der Waals surface area contributed by atoms with E-state index in [9.17, 15) is 14.4 Å². The fourth-order valence-electron chi connectivity index (χ4n) is 2.53. The maximum absolute atomic E-state index is 12.3. The largest absolute Gasteiger partial charge is 0.454 e. The van der Waals surface area contributed by atoms with Crippen LogP contribution in [0.4, 0.5) is 5.69 Å². The van der Waals surface area contributed by atoms with Gasteiger partial charge >= 0.3 is 0 Å².